The van der Waals surface area contributed by atoms with Gasteiger partial charge in [0, 0.05) is 44.5 Å². The van der Waals surface area contributed by atoms with Crippen LogP contribution in [0.15, 0.2) is 48.7 Å². The van der Waals surface area contributed by atoms with Gasteiger partial charge in [-0.25, -0.2) is 0 Å². The number of carbonyl (C=O) groups is 1. The number of halogens is 2. The minimum absolute atomic E-state index is 0. The molecule has 0 aliphatic carbocycles. The van der Waals surface area contributed by atoms with Crippen molar-refractivity contribution in [2.45, 2.75) is 31.9 Å². The number of carbonyl (C=O) groups excluding carboxylic acids is 1. The quantitative estimate of drug-likeness (QED) is 0.705. The number of likely N-dealkylation sites (tertiary alicyclic amines) is 2. The van der Waals surface area contributed by atoms with E-state index in [2.05, 4.69) is 16.0 Å². The van der Waals surface area contributed by atoms with Crippen molar-refractivity contribution in [2.24, 2.45) is 11.7 Å². The number of pyridine rings is 1. The molecule has 0 spiro atoms. The van der Waals surface area contributed by atoms with Gasteiger partial charge in [-0.3, -0.25) is 14.7 Å². The van der Waals surface area contributed by atoms with E-state index in [-0.39, 0.29) is 36.8 Å². The number of nitrogens with two attached hydrogens (primary N) is 1. The molecular weight excluding hydrogens is 435 g/mol. The standard InChI is InChI=1S/C23H30N4O2.2ClH/c24-15-18-8-14-27(16-18)23(28)19-4-6-21(7-5-19)29-22-9-12-26(13-10-22)17-20-3-1-2-11-25-20;;/h1-7,11,18,22H,8-10,12-17,24H2;2*1H. The lowest BCUT2D eigenvalue weighted by Crippen LogP contribution is -2.38. The molecule has 6 nitrogen and oxygen atoms in total. The number of benzene rings is 1. The van der Waals surface area contributed by atoms with Crippen LogP contribution in [0.1, 0.15) is 35.3 Å². The molecule has 1 aromatic heterocycles. The zero-order valence-electron chi connectivity index (χ0n) is 17.7. The van der Waals surface area contributed by atoms with Crippen LogP contribution in [-0.4, -0.2) is 59.5 Å². The van der Waals surface area contributed by atoms with Crippen molar-refractivity contribution < 1.29 is 9.53 Å². The van der Waals surface area contributed by atoms with Crippen LogP contribution in [0.2, 0.25) is 0 Å². The molecule has 1 amide bonds. The fourth-order valence-electron chi connectivity index (χ4n) is 4.17. The molecule has 0 saturated carbocycles. The summed E-state index contributed by atoms with van der Waals surface area (Å²) >= 11 is 0. The van der Waals surface area contributed by atoms with Gasteiger partial charge in [0.25, 0.3) is 5.91 Å². The zero-order chi connectivity index (χ0) is 20.1. The summed E-state index contributed by atoms with van der Waals surface area (Å²) in [4.78, 5) is 21.4. The van der Waals surface area contributed by atoms with Crippen molar-refractivity contribution in [3.63, 3.8) is 0 Å². The number of ether oxygens (including phenoxy) is 1. The summed E-state index contributed by atoms with van der Waals surface area (Å²) in [7, 11) is 0. The lowest BCUT2D eigenvalue weighted by atomic mass is 10.1. The van der Waals surface area contributed by atoms with E-state index in [1.165, 1.54) is 0 Å². The molecule has 2 aliphatic rings. The smallest absolute Gasteiger partial charge is 0.253 e. The number of hydrogen-bond acceptors (Lipinski definition) is 5. The first-order valence-corrected chi connectivity index (χ1v) is 10.6. The topological polar surface area (TPSA) is 71.7 Å². The van der Waals surface area contributed by atoms with E-state index in [0.29, 0.717) is 12.5 Å². The fourth-order valence-corrected chi connectivity index (χ4v) is 4.17. The first-order chi connectivity index (χ1) is 14.2. The van der Waals surface area contributed by atoms with Gasteiger partial charge in [0.1, 0.15) is 11.9 Å². The minimum Gasteiger partial charge on any atom is -0.490 e. The van der Waals surface area contributed by atoms with Gasteiger partial charge in [-0.05, 0) is 68.1 Å². The first-order valence-electron chi connectivity index (χ1n) is 10.6. The van der Waals surface area contributed by atoms with E-state index in [9.17, 15) is 4.79 Å². The summed E-state index contributed by atoms with van der Waals surface area (Å²) in [5.41, 5.74) is 7.57. The summed E-state index contributed by atoms with van der Waals surface area (Å²) in [6.45, 7) is 5.13. The van der Waals surface area contributed by atoms with E-state index >= 15 is 0 Å². The Kier molecular flexibility index (Phi) is 10.0. The Morgan fingerprint density at radius 3 is 2.39 bits per heavy atom. The lowest BCUT2D eigenvalue weighted by molar-refractivity contribution is 0.0787. The normalized spacial score (nSPS) is 19.4. The van der Waals surface area contributed by atoms with Crippen LogP contribution < -0.4 is 10.5 Å². The number of nitrogens with zero attached hydrogens (tertiary/aromatic N) is 3. The minimum atomic E-state index is 0. The predicted molar refractivity (Wildman–Crippen MR) is 127 cm³/mol. The van der Waals surface area contributed by atoms with Crippen LogP contribution in [-0.2, 0) is 6.54 Å². The van der Waals surface area contributed by atoms with Crippen LogP contribution in [0, 0.1) is 5.92 Å². The van der Waals surface area contributed by atoms with Crippen LogP contribution in [0.3, 0.4) is 0 Å². The Hall–Kier alpha value is -1.86. The van der Waals surface area contributed by atoms with Crippen molar-refractivity contribution >= 4 is 30.7 Å². The van der Waals surface area contributed by atoms with Crippen LogP contribution >= 0.6 is 24.8 Å². The highest BCUT2D eigenvalue weighted by Crippen LogP contribution is 2.22. The molecule has 1 unspecified atom stereocenters. The van der Waals surface area contributed by atoms with Crippen LogP contribution in [0.5, 0.6) is 5.75 Å². The SMILES string of the molecule is Cl.Cl.NCC1CCN(C(=O)c2ccc(OC3CCN(Cc4ccccn4)CC3)cc2)C1. The van der Waals surface area contributed by atoms with Crippen molar-refractivity contribution in [2.75, 3.05) is 32.7 Å². The Labute approximate surface area is 197 Å². The maximum absolute atomic E-state index is 12.6. The van der Waals surface area contributed by atoms with Crippen molar-refractivity contribution in [1.29, 1.82) is 0 Å². The summed E-state index contributed by atoms with van der Waals surface area (Å²) < 4.78 is 6.16. The molecule has 2 N–H and O–H groups in total. The highest BCUT2D eigenvalue weighted by molar-refractivity contribution is 5.94. The highest BCUT2D eigenvalue weighted by Gasteiger charge is 2.26. The molecule has 1 aromatic carbocycles. The number of hydrogen-bond donors (Lipinski definition) is 1. The van der Waals surface area contributed by atoms with Crippen molar-refractivity contribution in [3.8, 4) is 5.75 Å². The number of rotatable bonds is 6. The highest BCUT2D eigenvalue weighted by atomic mass is 35.5. The van der Waals surface area contributed by atoms with E-state index in [1.807, 2.05) is 47.5 Å². The van der Waals surface area contributed by atoms with Crippen LogP contribution in [0.4, 0.5) is 0 Å². The molecule has 31 heavy (non-hydrogen) atoms. The predicted octanol–water partition coefficient (Wildman–Crippen LogP) is 3.39. The van der Waals surface area contributed by atoms with E-state index in [0.717, 1.165) is 69.0 Å². The molecule has 4 rings (SSSR count). The maximum atomic E-state index is 12.6. The van der Waals surface area contributed by atoms with Gasteiger partial charge >= 0.3 is 0 Å². The monoisotopic (exact) mass is 466 g/mol. The maximum Gasteiger partial charge on any atom is 0.253 e. The molecule has 2 saturated heterocycles. The molecule has 0 radical (unpaired) electrons. The molecule has 1 atom stereocenters. The second kappa shape index (κ2) is 12.2. The molecule has 8 heteroatoms. The molecule has 170 valence electrons. The molecular formula is C23H32Cl2N4O2. The lowest BCUT2D eigenvalue weighted by Gasteiger charge is -2.31. The van der Waals surface area contributed by atoms with E-state index in [4.69, 9.17) is 10.5 Å². The zero-order valence-corrected chi connectivity index (χ0v) is 19.3. The fraction of sp³-hybridized carbons (Fsp3) is 0.478. The second-order valence-corrected chi connectivity index (χ2v) is 8.08. The third-order valence-electron chi connectivity index (χ3n) is 5.96. The Morgan fingerprint density at radius 2 is 1.77 bits per heavy atom. The second-order valence-electron chi connectivity index (χ2n) is 8.08. The molecule has 2 fully saturated rings. The molecule has 2 aromatic rings. The summed E-state index contributed by atoms with van der Waals surface area (Å²) in [6.07, 6.45) is 5.08. The van der Waals surface area contributed by atoms with Gasteiger partial charge in [-0.2, -0.15) is 0 Å². The largest absolute Gasteiger partial charge is 0.490 e. The Morgan fingerprint density at radius 1 is 1.03 bits per heavy atom. The third-order valence-corrected chi connectivity index (χ3v) is 5.96. The van der Waals surface area contributed by atoms with E-state index < -0.39 is 0 Å². The van der Waals surface area contributed by atoms with Crippen LogP contribution in [0.25, 0.3) is 0 Å². The van der Waals surface area contributed by atoms with Crippen molar-refractivity contribution in [1.82, 2.24) is 14.8 Å². The van der Waals surface area contributed by atoms with E-state index in [1.54, 1.807) is 0 Å². The van der Waals surface area contributed by atoms with Gasteiger partial charge in [0.2, 0.25) is 0 Å². The summed E-state index contributed by atoms with van der Waals surface area (Å²) in [6, 6.07) is 13.7. The summed E-state index contributed by atoms with van der Waals surface area (Å²) in [5.74, 6) is 1.37. The Bertz CT molecular complexity index is 799. The number of amides is 1. The summed E-state index contributed by atoms with van der Waals surface area (Å²) in [5, 5.41) is 0. The molecule has 2 aliphatic heterocycles. The average Bonchev–Trinajstić information content (AvgIpc) is 3.25. The van der Waals surface area contributed by atoms with Gasteiger partial charge < -0.3 is 15.4 Å². The van der Waals surface area contributed by atoms with Gasteiger partial charge in [-0.15, -0.1) is 24.8 Å². The van der Waals surface area contributed by atoms with Crippen molar-refractivity contribution in [3.05, 3.63) is 59.9 Å². The third kappa shape index (κ3) is 6.81. The van der Waals surface area contributed by atoms with Gasteiger partial charge in [0.15, 0.2) is 0 Å². The van der Waals surface area contributed by atoms with Gasteiger partial charge in [0.05, 0.1) is 5.69 Å². The molecule has 3 heterocycles. The number of piperidine rings is 1. The average molecular weight is 467 g/mol. The number of aromatic nitrogens is 1. The Balaban J connectivity index is 0.00000171. The molecule has 0 bridgehead atoms. The first kappa shape index (κ1) is 25.4. The van der Waals surface area contributed by atoms with Gasteiger partial charge in [-0.1, -0.05) is 6.07 Å².